The van der Waals surface area contributed by atoms with Crippen molar-refractivity contribution >= 4 is 23.2 Å². The topological polar surface area (TPSA) is 46.9 Å². The minimum Gasteiger partial charge on any atom is -0.344 e. The van der Waals surface area contributed by atoms with Crippen LogP contribution >= 0.6 is 11.6 Å². The Morgan fingerprint density at radius 3 is 3.06 bits per heavy atom. The van der Waals surface area contributed by atoms with Gasteiger partial charge in [-0.1, -0.05) is 11.6 Å². The summed E-state index contributed by atoms with van der Waals surface area (Å²) in [6.45, 7) is 2.74. The fraction of sp³-hybridized carbons (Fsp3) is 0.167. The molecule has 0 aliphatic rings. The maximum absolute atomic E-state index is 12.0. The van der Waals surface area contributed by atoms with Crippen molar-refractivity contribution in [1.29, 1.82) is 0 Å². The molecule has 1 N–H and O–H groups in total. The van der Waals surface area contributed by atoms with Gasteiger partial charge in [-0.25, -0.2) is 4.98 Å². The highest BCUT2D eigenvalue weighted by molar-refractivity contribution is 6.29. The quantitative estimate of drug-likeness (QED) is 0.851. The Bertz CT molecular complexity index is 536. The van der Waals surface area contributed by atoms with Crippen molar-refractivity contribution in [2.75, 3.05) is 5.32 Å². The number of halogens is 1. The molecule has 0 radical (unpaired) electrons. The third-order valence-electron chi connectivity index (χ3n) is 2.39. The van der Waals surface area contributed by atoms with Gasteiger partial charge in [-0.15, -0.1) is 0 Å². The standard InChI is InChI=1S/C12H12ClN3O/c1-2-16-7-3-4-10(16)12(17)15-9-5-6-14-11(13)8-9/h3-8H,2H2,1H3,(H,14,15,17). The Labute approximate surface area is 104 Å². The molecule has 88 valence electrons. The summed E-state index contributed by atoms with van der Waals surface area (Å²) < 4.78 is 1.87. The van der Waals surface area contributed by atoms with Gasteiger partial charge < -0.3 is 9.88 Å². The van der Waals surface area contributed by atoms with Crippen LogP contribution in [0.4, 0.5) is 5.69 Å². The second-order valence-corrected chi connectivity index (χ2v) is 3.89. The molecule has 2 aromatic rings. The van der Waals surface area contributed by atoms with Crippen molar-refractivity contribution in [3.63, 3.8) is 0 Å². The van der Waals surface area contributed by atoms with Crippen LogP contribution in [0.1, 0.15) is 17.4 Å². The zero-order valence-corrected chi connectivity index (χ0v) is 10.1. The van der Waals surface area contributed by atoms with Crippen LogP contribution in [0.3, 0.4) is 0 Å². The van der Waals surface area contributed by atoms with E-state index in [-0.39, 0.29) is 5.91 Å². The van der Waals surface area contributed by atoms with Crippen LogP contribution in [0.5, 0.6) is 0 Å². The second-order valence-electron chi connectivity index (χ2n) is 3.50. The van der Waals surface area contributed by atoms with Crippen LogP contribution in [0.15, 0.2) is 36.7 Å². The maximum atomic E-state index is 12.0. The highest BCUT2D eigenvalue weighted by Crippen LogP contribution is 2.13. The Morgan fingerprint density at radius 1 is 1.53 bits per heavy atom. The van der Waals surface area contributed by atoms with E-state index < -0.39 is 0 Å². The second kappa shape index (κ2) is 5.01. The number of aryl methyl sites for hydroxylation is 1. The molecule has 0 spiro atoms. The number of nitrogens with one attached hydrogen (secondary N) is 1. The van der Waals surface area contributed by atoms with Crippen molar-refractivity contribution in [3.05, 3.63) is 47.5 Å². The van der Waals surface area contributed by atoms with E-state index in [0.717, 1.165) is 6.54 Å². The molecule has 0 saturated heterocycles. The molecule has 4 nitrogen and oxygen atoms in total. The van der Waals surface area contributed by atoms with Crippen LogP contribution in [-0.2, 0) is 6.54 Å². The number of carbonyl (C=O) groups is 1. The van der Waals surface area contributed by atoms with E-state index >= 15 is 0 Å². The van der Waals surface area contributed by atoms with E-state index in [2.05, 4.69) is 10.3 Å². The zero-order valence-electron chi connectivity index (χ0n) is 9.35. The first kappa shape index (κ1) is 11.7. The fourth-order valence-corrected chi connectivity index (χ4v) is 1.75. The third-order valence-corrected chi connectivity index (χ3v) is 2.59. The number of hydrogen-bond acceptors (Lipinski definition) is 2. The number of amides is 1. The molecule has 2 aromatic heterocycles. The number of rotatable bonds is 3. The molecule has 0 bridgehead atoms. The maximum Gasteiger partial charge on any atom is 0.272 e. The molecule has 0 atom stereocenters. The van der Waals surface area contributed by atoms with Crippen LogP contribution in [0.2, 0.25) is 5.15 Å². The molecule has 0 aromatic carbocycles. The lowest BCUT2D eigenvalue weighted by molar-refractivity contribution is 0.101. The SMILES string of the molecule is CCn1cccc1C(=O)Nc1ccnc(Cl)c1. The number of pyridine rings is 1. The number of carbonyl (C=O) groups excluding carboxylic acids is 1. The van der Waals surface area contributed by atoms with Gasteiger partial charge in [0, 0.05) is 24.6 Å². The van der Waals surface area contributed by atoms with Crippen LogP contribution in [0.25, 0.3) is 0 Å². The summed E-state index contributed by atoms with van der Waals surface area (Å²) >= 11 is 5.74. The summed E-state index contributed by atoms with van der Waals surface area (Å²) in [5, 5.41) is 3.13. The van der Waals surface area contributed by atoms with E-state index in [1.165, 1.54) is 0 Å². The van der Waals surface area contributed by atoms with Crippen molar-refractivity contribution in [1.82, 2.24) is 9.55 Å². The zero-order chi connectivity index (χ0) is 12.3. The minimum atomic E-state index is -0.154. The molecule has 1 amide bonds. The Kier molecular flexibility index (Phi) is 3.44. The first-order valence-electron chi connectivity index (χ1n) is 5.28. The summed E-state index contributed by atoms with van der Waals surface area (Å²) in [5.41, 5.74) is 1.26. The Morgan fingerprint density at radius 2 is 2.35 bits per heavy atom. The highest BCUT2D eigenvalue weighted by atomic mass is 35.5. The van der Waals surface area contributed by atoms with Crippen molar-refractivity contribution in [2.45, 2.75) is 13.5 Å². The smallest absolute Gasteiger partial charge is 0.272 e. The molecular weight excluding hydrogens is 238 g/mol. The summed E-state index contributed by atoms with van der Waals surface area (Å²) in [6, 6.07) is 6.93. The molecule has 2 rings (SSSR count). The summed E-state index contributed by atoms with van der Waals surface area (Å²) in [4.78, 5) is 15.8. The predicted octanol–water partition coefficient (Wildman–Crippen LogP) is 2.81. The lowest BCUT2D eigenvalue weighted by atomic mass is 10.3. The molecular formula is C12H12ClN3O. The molecule has 0 unspecified atom stereocenters. The first-order chi connectivity index (χ1) is 8.20. The van der Waals surface area contributed by atoms with E-state index in [1.807, 2.05) is 23.8 Å². The lowest BCUT2D eigenvalue weighted by Gasteiger charge is -2.07. The van der Waals surface area contributed by atoms with Gasteiger partial charge in [0.25, 0.3) is 5.91 Å². The Hall–Kier alpha value is -1.81. The molecule has 0 fully saturated rings. The van der Waals surface area contributed by atoms with Gasteiger partial charge in [-0.2, -0.15) is 0 Å². The van der Waals surface area contributed by atoms with Crippen molar-refractivity contribution < 1.29 is 4.79 Å². The van der Waals surface area contributed by atoms with E-state index in [1.54, 1.807) is 24.4 Å². The molecule has 0 saturated carbocycles. The normalized spacial score (nSPS) is 10.2. The molecule has 0 aliphatic heterocycles. The molecule has 5 heteroatoms. The summed E-state index contributed by atoms with van der Waals surface area (Å²) in [6.07, 6.45) is 3.42. The summed E-state index contributed by atoms with van der Waals surface area (Å²) in [5.74, 6) is -0.154. The van der Waals surface area contributed by atoms with E-state index in [9.17, 15) is 4.79 Å². The molecule has 2 heterocycles. The van der Waals surface area contributed by atoms with Crippen LogP contribution in [0, 0.1) is 0 Å². The minimum absolute atomic E-state index is 0.154. The van der Waals surface area contributed by atoms with E-state index in [0.29, 0.717) is 16.5 Å². The largest absolute Gasteiger partial charge is 0.344 e. The fourth-order valence-electron chi connectivity index (χ4n) is 1.57. The van der Waals surface area contributed by atoms with Gasteiger partial charge in [0.05, 0.1) is 0 Å². The average molecular weight is 250 g/mol. The predicted molar refractivity (Wildman–Crippen MR) is 67.3 cm³/mol. The number of anilines is 1. The first-order valence-corrected chi connectivity index (χ1v) is 5.66. The van der Waals surface area contributed by atoms with Gasteiger partial charge in [0.2, 0.25) is 0 Å². The van der Waals surface area contributed by atoms with Crippen molar-refractivity contribution in [3.8, 4) is 0 Å². The van der Waals surface area contributed by atoms with Gasteiger partial charge >= 0.3 is 0 Å². The van der Waals surface area contributed by atoms with Gasteiger partial charge in [0.1, 0.15) is 10.8 Å². The Balaban J connectivity index is 2.17. The van der Waals surface area contributed by atoms with Crippen molar-refractivity contribution in [2.24, 2.45) is 0 Å². The van der Waals surface area contributed by atoms with Gasteiger partial charge in [-0.3, -0.25) is 4.79 Å². The average Bonchev–Trinajstić information content (AvgIpc) is 2.77. The number of nitrogens with zero attached hydrogens (tertiary/aromatic N) is 2. The highest BCUT2D eigenvalue weighted by Gasteiger charge is 2.10. The van der Waals surface area contributed by atoms with E-state index in [4.69, 9.17) is 11.6 Å². The van der Waals surface area contributed by atoms with Crippen LogP contribution in [-0.4, -0.2) is 15.5 Å². The number of hydrogen-bond donors (Lipinski definition) is 1. The molecule has 17 heavy (non-hydrogen) atoms. The van der Waals surface area contributed by atoms with Gasteiger partial charge in [-0.05, 0) is 31.2 Å². The van der Waals surface area contributed by atoms with Gasteiger partial charge in [0.15, 0.2) is 0 Å². The third kappa shape index (κ3) is 2.65. The number of aromatic nitrogens is 2. The lowest BCUT2D eigenvalue weighted by Crippen LogP contribution is -2.16. The monoisotopic (exact) mass is 249 g/mol. The summed E-state index contributed by atoms with van der Waals surface area (Å²) in [7, 11) is 0. The van der Waals surface area contributed by atoms with Crippen LogP contribution < -0.4 is 5.32 Å². The molecule has 0 aliphatic carbocycles.